The number of hydrogen-bond acceptors (Lipinski definition) is 8. The molecule has 1 saturated heterocycles. The Labute approximate surface area is 164 Å². The van der Waals surface area contributed by atoms with Gasteiger partial charge in [-0.15, -0.1) is 33.6 Å². The third-order valence-electron chi connectivity index (χ3n) is 4.23. The molecular weight excluding hydrogens is 417 g/mol. The number of azo groups is 1. The molecule has 0 spiro atoms. The van der Waals surface area contributed by atoms with Gasteiger partial charge in [-0.3, -0.25) is 0 Å². The molecule has 13 heteroatoms. The molecule has 1 aromatic carbocycles. The van der Waals surface area contributed by atoms with E-state index in [1.807, 2.05) is 11.8 Å². The lowest BCUT2D eigenvalue weighted by Gasteiger charge is -2.27. The predicted octanol–water partition coefficient (Wildman–Crippen LogP) is 4.10. The summed E-state index contributed by atoms with van der Waals surface area (Å²) < 4.78 is 62.5. The number of rotatable bonds is 5. The molecule has 1 fully saturated rings. The van der Waals surface area contributed by atoms with Crippen LogP contribution in [0.1, 0.15) is 24.8 Å². The molecule has 152 valence electrons. The van der Waals surface area contributed by atoms with Gasteiger partial charge in [-0.2, -0.15) is 4.31 Å². The lowest BCUT2D eigenvalue weighted by Crippen LogP contribution is -2.37. The van der Waals surface area contributed by atoms with Crippen LogP contribution in [-0.2, 0) is 10.9 Å². The third kappa shape index (κ3) is 4.41. The molecule has 0 saturated carbocycles. The monoisotopic (exact) mass is 434 g/mol. The van der Waals surface area contributed by atoms with Crippen LogP contribution in [0.4, 0.5) is 35.4 Å². The van der Waals surface area contributed by atoms with Crippen molar-refractivity contribution in [2.45, 2.75) is 39.0 Å². The van der Waals surface area contributed by atoms with Crippen molar-refractivity contribution in [3.63, 3.8) is 0 Å². The van der Waals surface area contributed by atoms with Crippen LogP contribution in [0.15, 0.2) is 28.4 Å². The zero-order chi connectivity index (χ0) is 20.5. The molecule has 0 amide bonds. The summed E-state index contributed by atoms with van der Waals surface area (Å²) in [7, 11) is -3.98. The lowest BCUT2D eigenvalue weighted by atomic mass is 10.2. The lowest BCUT2D eigenvalue weighted by molar-refractivity contribution is -0.115. The number of anilines is 2. The van der Waals surface area contributed by atoms with Crippen LogP contribution in [0.25, 0.3) is 0 Å². The van der Waals surface area contributed by atoms with Crippen molar-refractivity contribution in [1.29, 1.82) is 0 Å². The van der Waals surface area contributed by atoms with Crippen molar-refractivity contribution in [2.75, 3.05) is 15.7 Å². The second-order valence-corrected chi connectivity index (χ2v) is 8.21. The fraction of sp³-hybridized carbons (Fsp3) is 0.467. The van der Waals surface area contributed by atoms with Crippen LogP contribution in [0.5, 0.6) is 0 Å². The second-order valence-electron chi connectivity index (χ2n) is 6.18. The Balaban J connectivity index is 2.08. The zero-order valence-electron chi connectivity index (χ0n) is 14.9. The molecule has 0 bridgehead atoms. The third-order valence-corrected chi connectivity index (χ3v) is 5.73. The number of aromatic nitrogens is 2. The summed E-state index contributed by atoms with van der Waals surface area (Å²) in [6.07, 6.45) is -3.31. The topological polar surface area (TPSA) is 91.1 Å². The number of hydrogen-bond donors (Lipinski definition) is 1. The SMILES string of the molecule is Cc1nnc(N=Nc2ccc(N3CCCC3C)cc2N([SH](=O)=O)C(F)(F)F)s1. The number of benzene rings is 1. The Morgan fingerprint density at radius 2 is 2.04 bits per heavy atom. The number of thiol groups is 1. The van der Waals surface area contributed by atoms with E-state index in [0.717, 1.165) is 24.2 Å². The Morgan fingerprint density at radius 3 is 2.57 bits per heavy atom. The fourth-order valence-corrected chi connectivity index (χ4v) is 4.03. The zero-order valence-corrected chi connectivity index (χ0v) is 16.6. The van der Waals surface area contributed by atoms with Crippen LogP contribution in [-0.4, -0.2) is 37.5 Å². The van der Waals surface area contributed by atoms with Crippen molar-refractivity contribution >= 4 is 44.4 Å². The molecule has 0 radical (unpaired) electrons. The number of aryl methyl sites for hydroxylation is 1. The van der Waals surface area contributed by atoms with Crippen molar-refractivity contribution in [3.8, 4) is 0 Å². The minimum Gasteiger partial charge on any atom is -0.369 e. The number of alkyl halides is 3. The van der Waals surface area contributed by atoms with E-state index in [1.165, 1.54) is 12.1 Å². The van der Waals surface area contributed by atoms with E-state index in [9.17, 15) is 21.6 Å². The van der Waals surface area contributed by atoms with Crippen LogP contribution in [0, 0.1) is 6.92 Å². The van der Waals surface area contributed by atoms with Crippen LogP contribution in [0.3, 0.4) is 0 Å². The van der Waals surface area contributed by atoms with E-state index in [1.54, 1.807) is 13.0 Å². The highest BCUT2D eigenvalue weighted by molar-refractivity contribution is 7.74. The van der Waals surface area contributed by atoms with Gasteiger partial charge >= 0.3 is 6.30 Å². The summed E-state index contributed by atoms with van der Waals surface area (Å²) in [6, 6.07) is 4.26. The van der Waals surface area contributed by atoms with E-state index in [4.69, 9.17) is 0 Å². The molecule has 1 unspecified atom stereocenters. The summed E-state index contributed by atoms with van der Waals surface area (Å²) >= 11 is 1.11. The quantitative estimate of drug-likeness (QED) is 0.435. The summed E-state index contributed by atoms with van der Waals surface area (Å²) in [5, 5.41) is 15.8. The van der Waals surface area contributed by atoms with E-state index >= 15 is 0 Å². The molecule has 3 rings (SSSR count). The minimum atomic E-state index is -5.13. The molecule has 1 aromatic heterocycles. The highest BCUT2D eigenvalue weighted by atomic mass is 32.2. The molecule has 1 aliphatic rings. The highest BCUT2D eigenvalue weighted by Crippen LogP contribution is 2.40. The molecule has 2 heterocycles. The number of halogens is 3. The summed E-state index contributed by atoms with van der Waals surface area (Å²) in [5.74, 6) is 0. The van der Waals surface area contributed by atoms with Gasteiger partial charge in [-0.1, -0.05) is 11.3 Å². The van der Waals surface area contributed by atoms with Crippen LogP contribution >= 0.6 is 11.3 Å². The summed E-state index contributed by atoms with van der Waals surface area (Å²) in [6.45, 7) is 4.34. The maximum atomic E-state index is 13.4. The van der Waals surface area contributed by atoms with Crippen molar-refractivity contribution in [3.05, 3.63) is 23.2 Å². The largest absolute Gasteiger partial charge is 0.498 e. The van der Waals surface area contributed by atoms with Gasteiger partial charge in [0.15, 0.2) is 0 Å². The van der Waals surface area contributed by atoms with Gasteiger partial charge < -0.3 is 4.90 Å². The van der Waals surface area contributed by atoms with E-state index in [0.29, 0.717) is 17.2 Å². The molecular formula is C15H17F3N6O2S2. The van der Waals surface area contributed by atoms with Gasteiger partial charge in [0.25, 0.3) is 5.13 Å². The molecule has 2 aromatic rings. The first kappa shape index (κ1) is 20.5. The first-order valence-electron chi connectivity index (χ1n) is 8.30. The first-order valence-corrected chi connectivity index (χ1v) is 10.3. The average Bonchev–Trinajstić information content (AvgIpc) is 3.20. The van der Waals surface area contributed by atoms with Gasteiger partial charge in [-0.25, -0.2) is 8.42 Å². The minimum absolute atomic E-state index is 0.144. The Morgan fingerprint density at radius 1 is 1.29 bits per heavy atom. The fourth-order valence-electron chi connectivity index (χ4n) is 3.00. The van der Waals surface area contributed by atoms with Crippen molar-refractivity contribution in [2.24, 2.45) is 10.2 Å². The van der Waals surface area contributed by atoms with Gasteiger partial charge in [-0.05, 0) is 44.9 Å². The van der Waals surface area contributed by atoms with Gasteiger partial charge in [0.1, 0.15) is 10.7 Å². The van der Waals surface area contributed by atoms with Gasteiger partial charge in [0.05, 0.1) is 5.69 Å². The maximum Gasteiger partial charge on any atom is 0.498 e. The van der Waals surface area contributed by atoms with E-state index < -0.39 is 27.2 Å². The van der Waals surface area contributed by atoms with E-state index in [2.05, 4.69) is 20.4 Å². The smallest absolute Gasteiger partial charge is 0.369 e. The molecule has 1 aliphatic heterocycles. The van der Waals surface area contributed by atoms with Gasteiger partial charge in [0.2, 0.25) is 10.9 Å². The second kappa shape index (κ2) is 7.99. The molecule has 0 N–H and O–H groups in total. The highest BCUT2D eigenvalue weighted by Gasteiger charge is 2.41. The van der Waals surface area contributed by atoms with Crippen LogP contribution in [0.2, 0.25) is 0 Å². The van der Waals surface area contributed by atoms with Crippen molar-refractivity contribution in [1.82, 2.24) is 10.2 Å². The summed E-state index contributed by atoms with van der Waals surface area (Å²) in [4.78, 5) is 1.94. The van der Waals surface area contributed by atoms with Crippen molar-refractivity contribution < 1.29 is 21.6 Å². The van der Waals surface area contributed by atoms with Crippen LogP contribution < -0.4 is 9.21 Å². The first-order chi connectivity index (χ1) is 13.2. The molecule has 8 nitrogen and oxygen atoms in total. The average molecular weight is 434 g/mol. The predicted molar refractivity (Wildman–Crippen MR) is 100 cm³/mol. The maximum absolute atomic E-state index is 13.4. The van der Waals surface area contributed by atoms with E-state index in [-0.39, 0.29) is 16.9 Å². The molecule has 0 aliphatic carbocycles. The molecule has 1 atom stereocenters. The van der Waals surface area contributed by atoms with Gasteiger partial charge in [0, 0.05) is 18.3 Å². The summed E-state index contributed by atoms with van der Waals surface area (Å²) in [5.41, 5.74) is -0.345. The Bertz CT molecular complexity index is 951. The molecule has 28 heavy (non-hydrogen) atoms. The Kier molecular flexibility index (Phi) is 5.84. The Hall–Kier alpha value is -2.28. The normalized spacial score (nSPS) is 17.8. The number of nitrogens with zero attached hydrogens (tertiary/aromatic N) is 6. The standard InChI is InChI=1S/C15H17F3N6O2S2/c1-9-4-3-7-23(9)11-5-6-12(20-22-14-21-19-10(2)27-14)13(8-11)24(28(25)26)15(16,17)18/h5-6,8-9,28H,3-4,7H2,1-2H3.